The third-order valence-electron chi connectivity index (χ3n) is 2.25. The SMILES string of the molecule is CNC(CSC)Cc1cc(F)ccc1F. The van der Waals surface area contributed by atoms with Crippen LogP contribution in [0.15, 0.2) is 18.2 Å². The highest BCUT2D eigenvalue weighted by atomic mass is 32.2. The molecule has 15 heavy (non-hydrogen) atoms. The number of nitrogens with one attached hydrogen (secondary N) is 1. The van der Waals surface area contributed by atoms with Crippen LogP contribution in [0.1, 0.15) is 5.56 Å². The van der Waals surface area contributed by atoms with Crippen LogP contribution in [0, 0.1) is 11.6 Å². The fourth-order valence-corrected chi connectivity index (χ4v) is 2.10. The van der Waals surface area contributed by atoms with Gasteiger partial charge >= 0.3 is 0 Å². The molecule has 4 heteroatoms. The quantitative estimate of drug-likeness (QED) is 0.835. The van der Waals surface area contributed by atoms with Crippen LogP contribution in [-0.2, 0) is 6.42 Å². The highest BCUT2D eigenvalue weighted by molar-refractivity contribution is 7.98. The fourth-order valence-electron chi connectivity index (χ4n) is 1.41. The number of hydrogen-bond donors (Lipinski definition) is 1. The standard InChI is InChI=1S/C11H15F2NS/c1-14-10(7-15-2)6-8-5-9(12)3-4-11(8)13/h3-5,10,14H,6-7H2,1-2H3. The predicted octanol–water partition coefficient (Wildman–Crippen LogP) is 2.46. The number of rotatable bonds is 5. The van der Waals surface area contributed by atoms with Gasteiger partial charge in [0.2, 0.25) is 0 Å². The first-order chi connectivity index (χ1) is 7.17. The van der Waals surface area contributed by atoms with E-state index in [0.29, 0.717) is 12.0 Å². The maximum atomic E-state index is 13.3. The molecule has 1 aromatic carbocycles. The van der Waals surface area contributed by atoms with Crippen LogP contribution < -0.4 is 5.32 Å². The first-order valence-corrected chi connectivity index (χ1v) is 6.17. The Labute approximate surface area is 93.3 Å². The van der Waals surface area contributed by atoms with Crippen molar-refractivity contribution in [2.45, 2.75) is 12.5 Å². The summed E-state index contributed by atoms with van der Waals surface area (Å²) in [5, 5.41) is 3.09. The van der Waals surface area contributed by atoms with Gasteiger partial charge in [-0.1, -0.05) is 0 Å². The zero-order chi connectivity index (χ0) is 11.3. The van der Waals surface area contributed by atoms with Crippen LogP contribution in [0.3, 0.4) is 0 Å². The fraction of sp³-hybridized carbons (Fsp3) is 0.455. The number of benzene rings is 1. The maximum absolute atomic E-state index is 13.3. The summed E-state index contributed by atoms with van der Waals surface area (Å²) in [5.41, 5.74) is 0.434. The van der Waals surface area contributed by atoms with Gasteiger partial charge in [-0.3, -0.25) is 0 Å². The molecular formula is C11H15F2NS. The van der Waals surface area contributed by atoms with Crippen molar-refractivity contribution in [2.24, 2.45) is 0 Å². The summed E-state index contributed by atoms with van der Waals surface area (Å²) in [6.07, 6.45) is 2.51. The zero-order valence-electron chi connectivity index (χ0n) is 8.89. The molecule has 0 saturated carbocycles. The lowest BCUT2D eigenvalue weighted by molar-refractivity contribution is 0.555. The van der Waals surface area contributed by atoms with Gasteiger partial charge < -0.3 is 5.32 Å². The molecule has 84 valence electrons. The van der Waals surface area contributed by atoms with Crippen molar-refractivity contribution in [2.75, 3.05) is 19.1 Å². The van der Waals surface area contributed by atoms with Crippen LogP contribution >= 0.6 is 11.8 Å². The van der Waals surface area contributed by atoms with Crippen LogP contribution in [0.2, 0.25) is 0 Å². The van der Waals surface area contributed by atoms with Gasteiger partial charge in [-0.05, 0) is 43.5 Å². The van der Waals surface area contributed by atoms with Gasteiger partial charge in [-0.2, -0.15) is 11.8 Å². The molecular weight excluding hydrogens is 216 g/mol. The van der Waals surface area contributed by atoms with Crippen molar-refractivity contribution in [3.05, 3.63) is 35.4 Å². The van der Waals surface area contributed by atoms with E-state index in [1.165, 1.54) is 12.1 Å². The zero-order valence-corrected chi connectivity index (χ0v) is 9.70. The summed E-state index contributed by atoms with van der Waals surface area (Å²) in [7, 11) is 1.83. The van der Waals surface area contributed by atoms with Crippen LogP contribution in [0.5, 0.6) is 0 Å². The summed E-state index contributed by atoms with van der Waals surface area (Å²) in [6, 6.07) is 3.76. The molecule has 0 aliphatic heterocycles. The molecule has 0 aliphatic rings. The van der Waals surface area contributed by atoms with E-state index in [0.717, 1.165) is 11.8 Å². The third-order valence-corrected chi connectivity index (χ3v) is 2.99. The normalized spacial score (nSPS) is 12.8. The Kier molecular flexibility index (Phi) is 5.05. The molecule has 1 rings (SSSR count). The molecule has 0 saturated heterocycles. The molecule has 1 nitrogen and oxygen atoms in total. The Morgan fingerprint density at radius 1 is 1.40 bits per heavy atom. The van der Waals surface area contributed by atoms with Gasteiger partial charge in [-0.25, -0.2) is 8.78 Å². The van der Waals surface area contributed by atoms with Gasteiger partial charge in [0.15, 0.2) is 0 Å². The molecule has 0 spiro atoms. The summed E-state index contributed by atoms with van der Waals surface area (Å²) in [6.45, 7) is 0. The van der Waals surface area contributed by atoms with E-state index in [2.05, 4.69) is 5.32 Å². The Hall–Kier alpha value is -0.610. The van der Waals surface area contributed by atoms with Crippen molar-refractivity contribution < 1.29 is 8.78 Å². The van der Waals surface area contributed by atoms with E-state index < -0.39 is 0 Å². The molecule has 1 atom stereocenters. The van der Waals surface area contributed by atoms with Crippen molar-refractivity contribution in [1.82, 2.24) is 5.32 Å². The van der Waals surface area contributed by atoms with E-state index in [-0.39, 0.29) is 17.7 Å². The van der Waals surface area contributed by atoms with Crippen molar-refractivity contribution >= 4 is 11.8 Å². The van der Waals surface area contributed by atoms with Crippen LogP contribution in [-0.4, -0.2) is 25.1 Å². The highest BCUT2D eigenvalue weighted by Crippen LogP contribution is 2.13. The van der Waals surface area contributed by atoms with Gasteiger partial charge in [0.25, 0.3) is 0 Å². The predicted molar refractivity (Wildman–Crippen MR) is 61.3 cm³/mol. The number of halogens is 2. The van der Waals surface area contributed by atoms with E-state index in [1.54, 1.807) is 11.8 Å². The van der Waals surface area contributed by atoms with Crippen molar-refractivity contribution in [1.29, 1.82) is 0 Å². The largest absolute Gasteiger partial charge is 0.316 e. The van der Waals surface area contributed by atoms with E-state index in [4.69, 9.17) is 0 Å². The molecule has 0 bridgehead atoms. The van der Waals surface area contributed by atoms with E-state index in [9.17, 15) is 8.78 Å². The minimum absolute atomic E-state index is 0.177. The third kappa shape index (κ3) is 3.80. The molecule has 1 unspecified atom stereocenters. The second-order valence-electron chi connectivity index (χ2n) is 3.38. The number of hydrogen-bond acceptors (Lipinski definition) is 2. The highest BCUT2D eigenvalue weighted by Gasteiger charge is 2.10. The number of likely N-dealkylation sites (N-methyl/N-ethyl adjacent to an activating group) is 1. The average Bonchev–Trinajstić information content (AvgIpc) is 2.22. The molecule has 1 N–H and O–H groups in total. The van der Waals surface area contributed by atoms with Crippen LogP contribution in [0.25, 0.3) is 0 Å². The molecule has 0 heterocycles. The minimum atomic E-state index is -0.384. The lowest BCUT2D eigenvalue weighted by Crippen LogP contribution is -2.30. The van der Waals surface area contributed by atoms with E-state index in [1.807, 2.05) is 13.3 Å². The molecule has 0 fully saturated rings. The second-order valence-corrected chi connectivity index (χ2v) is 4.29. The lowest BCUT2D eigenvalue weighted by Gasteiger charge is -2.15. The van der Waals surface area contributed by atoms with Gasteiger partial charge in [0, 0.05) is 11.8 Å². The Balaban J connectivity index is 2.73. The molecule has 0 radical (unpaired) electrons. The first kappa shape index (κ1) is 12.5. The molecule has 0 amide bonds. The Bertz CT molecular complexity index is 317. The molecule has 0 aliphatic carbocycles. The monoisotopic (exact) mass is 231 g/mol. The minimum Gasteiger partial charge on any atom is -0.316 e. The molecule has 0 aromatic heterocycles. The van der Waals surface area contributed by atoms with Crippen molar-refractivity contribution in [3.63, 3.8) is 0 Å². The lowest BCUT2D eigenvalue weighted by atomic mass is 10.1. The van der Waals surface area contributed by atoms with Crippen molar-refractivity contribution in [3.8, 4) is 0 Å². The smallest absolute Gasteiger partial charge is 0.126 e. The summed E-state index contributed by atoms with van der Waals surface area (Å²) < 4.78 is 26.2. The topological polar surface area (TPSA) is 12.0 Å². The average molecular weight is 231 g/mol. The summed E-state index contributed by atoms with van der Waals surface area (Å²) in [4.78, 5) is 0. The summed E-state index contributed by atoms with van der Waals surface area (Å²) >= 11 is 1.68. The second kappa shape index (κ2) is 6.08. The number of thioether (sulfide) groups is 1. The van der Waals surface area contributed by atoms with Gasteiger partial charge in [0.1, 0.15) is 11.6 Å². The van der Waals surface area contributed by atoms with Gasteiger partial charge in [-0.15, -0.1) is 0 Å². The molecule has 1 aromatic rings. The van der Waals surface area contributed by atoms with E-state index >= 15 is 0 Å². The summed E-state index contributed by atoms with van der Waals surface area (Å²) in [5.74, 6) is 0.162. The maximum Gasteiger partial charge on any atom is 0.126 e. The Morgan fingerprint density at radius 3 is 2.73 bits per heavy atom. The van der Waals surface area contributed by atoms with Gasteiger partial charge in [0.05, 0.1) is 0 Å². The first-order valence-electron chi connectivity index (χ1n) is 4.77. The Morgan fingerprint density at radius 2 is 2.13 bits per heavy atom. The van der Waals surface area contributed by atoms with Crippen LogP contribution in [0.4, 0.5) is 8.78 Å².